The van der Waals surface area contributed by atoms with Crippen molar-refractivity contribution in [3.8, 4) is 0 Å². The first-order valence-electron chi connectivity index (χ1n) is 5.73. The van der Waals surface area contributed by atoms with E-state index < -0.39 is 10.0 Å². The van der Waals surface area contributed by atoms with Gasteiger partial charge < -0.3 is 10.3 Å². The zero-order valence-electron chi connectivity index (χ0n) is 10.5. The summed E-state index contributed by atoms with van der Waals surface area (Å²) in [4.78, 5) is 0.192. The molecule has 1 heterocycles. The summed E-state index contributed by atoms with van der Waals surface area (Å²) < 4.78 is 31.7. The maximum atomic E-state index is 12.2. The molecule has 0 radical (unpaired) electrons. The third kappa shape index (κ3) is 3.19. The quantitative estimate of drug-likeness (QED) is 0.849. The van der Waals surface area contributed by atoms with Gasteiger partial charge in [0.2, 0.25) is 10.0 Å². The van der Waals surface area contributed by atoms with E-state index >= 15 is 0 Å². The minimum Gasteiger partial charge on any atom is -0.361 e. The van der Waals surface area contributed by atoms with Crippen LogP contribution in [0.1, 0.15) is 17.0 Å². The Morgan fingerprint density at radius 3 is 2.74 bits per heavy atom. The molecule has 102 valence electrons. The fraction of sp³-hybridized carbons (Fsp3) is 0.250. The van der Waals surface area contributed by atoms with E-state index in [4.69, 9.17) is 10.3 Å². The van der Waals surface area contributed by atoms with Gasteiger partial charge in [-0.25, -0.2) is 13.1 Å². The van der Waals surface area contributed by atoms with Crippen LogP contribution in [0.15, 0.2) is 39.8 Å². The molecule has 0 aliphatic heterocycles. The number of hydrogen-bond acceptors (Lipinski definition) is 5. The van der Waals surface area contributed by atoms with Crippen LogP contribution in [0.4, 0.5) is 0 Å². The lowest BCUT2D eigenvalue weighted by molar-refractivity contribution is 0.390. The molecule has 19 heavy (non-hydrogen) atoms. The molecular weight excluding hydrogens is 266 g/mol. The van der Waals surface area contributed by atoms with Crippen LogP contribution in [0.2, 0.25) is 0 Å². The highest BCUT2D eigenvalue weighted by Gasteiger charge is 2.17. The van der Waals surface area contributed by atoms with Gasteiger partial charge in [0.15, 0.2) is 0 Å². The van der Waals surface area contributed by atoms with Crippen LogP contribution in [0.25, 0.3) is 0 Å². The van der Waals surface area contributed by atoms with Crippen LogP contribution in [0.5, 0.6) is 0 Å². The fourth-order valence-electron chi connectivity index (χ4n) is 1.68. The van der Waals surface area contributed by atoms with E-state index in [1.807, 2.05) is 0 Å². The molecule has 0 bridgehead atoms. The van der Waals surface area contributed by atoms with Gasteiger partial charge in [-0.05, 0) is 18.6 Å². The molecule has 0 spiro atoms. The van der Waals surface area contributed by atoms with Gasteiger partial charge in [-0.3, -0.25) is 0 Å². The minimum absolute atomic E-state index is 0.0819. The van der Waals surface area contributed by atoms with Crippen molar-refractivity contribution in [1.82, 2.24) is 9.88 Å². The molecule has 0 saturated carbocycles. The fourth-order valence-corrected chi connectivity index (χ4v) is 2.93. The van der Waals surface area contributed by atoms with Crippen molar-refractivity contribution < 1.29 is 12.9 Å². The van der Waals surface area contributed by atoms with E-state index in [0.717, 1.165) is 0 Å². The van der Waals surface area contributed by atoms with Gasteiger partial charge >= 0.3 is 0 Å². The molecule has 6 nitrogen and oxygen atoms in total. The van der Waals surface area contributed by atoms with Crippen molar-refractivity contribution >= 4 is 10.0 Å². The predicted octanol–water partition coefficient (Wildman–Crippen LogP) is 0.920. The molecule has 0 fully saturated rings. The zero-order chi connectivity index (χ0) is 13.9. The van der Waals surface area contributed by atoms with Crippen molar-refractivity contribution in [3.05, 3.63) is 47.3 Å². The lowest BCUT2D eigenvalue weighted by Gasteiger charge is -2.09. The van der Waals surface area contributed by atoms with Crippen molar-refractivity contribution in [2.24, 2.45) is 5.73 Å². The second-order valence-corrected chi connectivity index (χ2v) is 5.80. The molecule has 3 N–H and O–H groups in total. The maximum Gasteiger partial charge on any atom is 0.241 e. The van der Waals surface area contributed by atoms with Gasteiger partial charge in [-0.1, -0.05) is 23.4 Å². The van der Waals surface area contributed by atoms with Crippen molar-refractivity contribution in [1.29, 1.82) is 0 Å². The molecule has 0 amide bonds. The Bertz CT molecular complexity index is 664. The number of aromatic nitrogens is 1. The van der Waals surface area contributed by atoms with Gasteiger partial charge in [-0.2, -0.15) is 0 Å². The SMILES string of the molecule is Cc1cc(CNS(=O)(=O)c2ccccc2CN)no1. The highest BCUT2D eigenvalue weighted by atomic mass is 32.2. The summed E-state index contributed by atoms with van der Waals surface area (Å²) in [7, 11) is -3.60. The van der Waals surface area contributed by atoms with Crippen LogP contribution in [-0.4, -0.2) is 13.6 Å². The number of nitrogens with two attached hydrogens (primary N) is 1. The highest BCUT2D eigenvalue weighted by molar-refractivity contribution is 7.89. The summed E-state index contributed by atoms with van der Waals surface area (Å²) in [6.07, 6.45) is 0. The normalized spacial score (nSPS) is 11.7. The van der Waals surface area contributed by atoms with E-state index in [2.05, 4.69) is 9.88 Å². The minimum atomic E-state index is -3.60. The van der Waals surface area contributed by atoms with E-state index in [1.165, 1.54) is 6.07 Å². The summed E-state index contributed by atoms with van der Waals surface area (Å²) in [6.45, 7) is 1.99. The zero-order valence-corrected chi connectivity index (χ0v) is 11.3. The Morgan fingerprint density at radius 1 is 1.37 bits per heavy atom. The first kappa shape index (κ1) is 13.7. The molecule has 2 rings (SSSR count). The van der Waals surface area contributed by atoms with Crippen molar-refractivity contribution in [2.45, 2.75) is 24.9 Å². The Balaban J connectivity index is 2.18. The molecule has 0 saturated heterocycles. The monoisotopic (exact) mass is 281 g/mol. The molecule has 0 unspecified atom stereocenters. The summed E-state index contributed by atoms with van der Waals surface area (Å²) in [5.74, 6) is 0.636. The van der Waals surface area contributed by atoms with Gasteiger partial charge in [-0.15, -0.1) is 0 Å². The largest absolute Gasteiger partial charge is 0.361 e. The molecule has 7 heteroatoms. The Hall–Kier alpha value is -1.70. The average Bonchev–Trinajstić information content (AvgIpc) is 2.82. The molecular formula is C12H15N3O3S. The first-order valence-corrected chi connectivity index (χ1v) is 7.21. The average molecular weight is 281 g/mol. The Morgan fingerprint density at radius 2 is 2.11 bits per heavy atom. The Labute approximate surface area is 111 Å². The van der Waals surface area contributed by atoms with Crippen LogP contribution >= 0.6 is 0 Å². The second-order valence-electron chi connectivity index (χ2n) is 4.07. The highest BCUT2D eigenvalue weighted by Crippen LogP contribution is 2.15. The smallest absolute Gasteiger partial charge is 0.241 e. The topological polar surface area (TPSA) is 98.2 Å². The first-order chi connectivity index (χ1) is 9.03. The molecule has 1 aromatic heterocycles. The van der Waals surface area contributed by atoms with Gasteiger partial charge in [0, 0.05) is 12.6 Å². The molecule has 1 aromatic carbocycles. The summed E-state index contributed by atoms with van der Waals surface area (Å²) >= 11 is 0. The van der Waals surface area contributed by atoms with Gasteiger partial charge in [0.25, 0.3) is 0 Å². The summed E-state index contributed by atoms with van der Waals surface area (Å²) in [5.41, 5.74) is 6.65. The predicted molar refractivity (Wildman–Crippen MR) is 69.6 cm³/mol. The number of nitrogens with one attached hydrogen (secondary N) is 1. The maximum absolute atomic E-state index is 12.2. The van der Waals surface area contributed by atoms with Gasteiger partial charge in [0.05, 0.1) is 17.1 Å². The van der Waals surface area contributed by atoms with Crippen molar-refractivity contribution in [3.63, 3.8) is 0 Å². The van der Waals surface area contributed by atoms with Crippen molar-refractivity contribution in [2.75, 3.05) is 0 Å². The molecule has 0 aliphatic carbocycles. The Kier molecular flexibility index (Phi) is 3.98. The lowest BCUT2D eigenvalue weighted by atomic mass is 10.2. The lowest BCUT2D eigenvalue weighted by Crippen LogP contribution is -2.25. The number of nitrogens with zero attached hydrogens (tertiary/aromatic N) is 1. The van der Waals surface area contributed by atoms with E-state index in [9.17, 15) is 8.42 Å². The molecule has 2 aromatic rings. The number of benzene rings is 1. The van der Waals surface area contributed by atoms with Crippen LogP contribution in [0.3, 0.4) is 0 Å². The third-order valence-electron chi connectivity index (χ3n) is 2.60. The standard InChI is InChI=1S/C12H15N3O3S/c1-9-6-11(15-18-9)8-14-19(16,17)12-5-3-2-4-10(12)7-13/h2-6,14H,7-8,13H2,1H3. The number of hydrogen-bond donors (Lipinski definition) is 2. The van der Waals surface area contributed by atoms with E-state index in [-0.39, 0.29) is 18.0 Å². The second kappa shape index (κ2) is 5.52. The number of rotatable bonds is 5. The van der Waals surface area contributed by atoms with E-state index in [1.54, 1.807) is 31.2 Å². The number of sulfonamides is 1. The third-order valence-corrected chi connectivity index (χ3v) is 4.10. The van der Waals surface area contributed by atoms with Gasteiger partial charge in [0.1, 0.15) is 5.76 Å². The van der Waals surface area contributed by atoms with Crippen LogP contribution < -0.4 is 10.5 Å². The summed E-state index contributed by atoms with van der Waals surface area (Å²) in [5, 5.41) is 3.73. The molecule has 0 aliphatic rings. The summed E-state index contributed by atoms with van der Waals surface area (Å²) in [6, 6.07) is 8.31. The number of aryl methyl sites for hydroxylation is 1. The van der Waals surface area contributed by atoms with Crippen LogP contribution in [-0.2, 0) is 23.1 Å². The molecule has 0 atom stereocenters. The van der Waals surface area contributed by atoms with E-state index in [0.29, 0.717) is 17.0 Å². The van der Waals surface area contributed by atoms with Crippen LogP contribution in [0, 0.1) is 6.92 Å².